The van der Waals surface area contributed by atoms with E-state index in [-0.39, 0.29) is 31.1 Å². The van der Waals surface area contributed by atoms with Crippen molar-refractivity contribution >= 4 is 17.9 Å². The van der Waals surface area contributed by atoms with Gasteiger partial charge in [-0.05, 0) is 122 Å². The average Bonchev–Trinajstić information content (AvgIpc) is 3.45. The Kier molecular flexibility index (Phi) is 64.2. The van der Waals surface area contributed by atoms with Gasteiger partial charge in [-0.15, -0.1) is 0 Å². The minimum Gasteiger partial charge on any atom is -0.462 e. The predicted octanol–water partition coefficient (Wildman–Crippen LogP) is 23.4. The minimum atomic E-state index is -0.791. The van der Waals surface area contributed by atoms with E-state index < -0.39 is 6.10 Å². The van der Waals surface area contributed by atoms with E-state index in [1.54, 1.807) is 0 Å². The first-order chi connectivity index (χ1) is 39.0. The molecule has 79 heavy (non-hydrogen) atoms. The standard InChI is InChI=1S/C73H128O6/c1-4-7-10-13-16-19-22-25-28-30-32-34-35-36-37-39-40-42-45-48-51-54-57-60-63-66-72(75)78-69-70(68-77-71(74)65-62-59-56-53-50-47-44-27-24-21-18-15-12-9-6-3)79-73(76)67-64-61-58-55-52-49-46-43-41-38-33-31-29-26-23-20-17-14-11-8-5-2/h22-23,25-27,30-33,35-36,41,43-44,70H,4-21,24,28-29,34,37-40,42,45-69H2,1-3H3/b25-22-,26-23-,32-30-,33-31-,36-35-,43-41-,44-27-. The summed E-state index contributed by atoms with van der Waals surface area (Å²) in [5.41, 5.74) is 0. The van der Waals surface area contributed by atoms with Gasteiger partial charge < -0.3 is 14.2 Å². The van der Waals surface area contributed by atoms with Crippen LogP contribution in [-0.4, -0.2) is 37.2 Å². The van der Waals surface area contributed by atoms with Crippen molar-refractivity contribution in [2.24, 2.45) is 0 Å². The van der Waals surface area contributed by atoms with Gasteiger partial charge in [0.1, 0.15) is 13.2 Å². The van der Waals surface area contributed by atoms with Crippen LogP contribution in [0.4, 0.5) is 0 Å². The zero-order valence-electron chi connectivity index (χ0n) is 52.4. The summed E-state index contributed by atoms with van der Waals surface area (Å²) in [6.45, 7) is 6.63. The van der Waals surface area contributed by atoms with Crippen LogP contribution in [0, 0.1) is 0 Å². The molecule has 0 heterocycles. The highest BCUT2D eigenvalue weighted by molar-refractivity contribution is 5.71. The monoisotopic (exact) mass is 1100 g/mol. The minimum absolute atomic E-state index is 0.0856. The van der Waals surface area contributed by atoms with Gasteiger partial charge in [0, 0.05) is 19.3 Å². The highest BCUT2D eigenvalue weighted by atomic mass is 16.6. The largest absolute Gasteiger partial charge is 0.462 e. The van der Waals surface area contributed by atoms with Gasteiger partial charge in [-0.3, -0.25) is 14.4 Å². The zero-order chi connectivity index (χ0) is 57.1. The Labute approximate surface area is 490 Å². The summed E-state index contributed by atoms with van der Waals surface area (Å²) < 4.78 is 17.0. The van der Waals surface area contributed by atoms with E-state index in [9.17, 15) is 14.4 Å². The third-order valence-corrected chi connectivity index (χ3v) is 14.8. The fraction of sp³-hybridized carbons (Fsp3) is 0.767. The molecule has 0 aliphatic heterocycles. The number of carbonyl (C=O) groups is 3. The molecule has 6 heteroatoms. The number of hydrogen-bond acceptors (Lipinski definition) is 6. The highest BCUT2D eigenvalue weighted by Gasteiger charge is 2.19. The van der Waals surface area contributed by atoms with Crippen LogP contribution >= 0.6 is 0 Å². The van der Waals surface area contributed by atoms with Gasteiger partial charge in [0.05, 0.1) is 0 Å². The topological polar surface area (TPSA) is 78.9 Å². The molecular weight excluding hydrogens is 973 g/mol. The first-order valence-electron chi connectivity index (χ1n) is 34.1. The summed E-state index contributed by atoms with van der Waals surface area (Å²) >= 11 is 0. The molecule has 6 nitrogen and oxygen atoms in total. The fourth-order valence-electron chi connectivity index (χ4n) is 9.69. The zero-order valence-corrected chi connectivity index (χ0v) is 52.4. The molecule has 0 rings (SSSR count). The second-order valence-electron chi connectivity index (χ2n) is 22.7. The highest BCUT2D eigenvalue weighted by Crippen LogP contribution is 2.16. The maximum atomic E-state index is 12.9. The average molecular weight is 1100 g/mol. The molecule has 0 radical (unpaired) electrons. The van der Waals surface area contributed by atoms with Gasteiger partial charge >= 0.3 is 17.9 Å². The number of hydrogen-bond donors (Lipinski definition) is 0. The quantitative estimate of drug-likeness (QED) is 0.0261. The summed E-state index contributed by atoms with van der Waals surface area (Å²) in [4.78, 5) is 38.4. The Balaban J connectivity index is 4.37. The van der Waals surface area contributed by atoms with Crippen LogP contribution < -0.4 is 0 Å². The van der Waals surface area contributed by atoms with Crippen LogP contribution in [0.5, 0.6) is 0 Å². The number of ether oxygens (including phenoxy) is 3. The lowest BCUT2D eigenvalue weighted by atomic mass is 10.1. The Bertz CT molecular complexity index is 1500. The van der Waals surface area contributed by atoms with Crippen LogP contribution in [0.1, 0.15) is 342 Å². The summed E-state index contributed by atoms with van der Waals surface area (Å²) in [6, 6.07) is 0. The van der Waals surface area contributed by atoms with E-state index in [2.05, 4.69) is 106 Å². The molecule has 0 N–H and O–H groups in total. The number of esters is 3. The number of rotatable bonds is 62. The first kappa shape index (κ1) is 75.6. The summed E-state index contributed by atoms with van der Waals surface area (Å²) in [5.74, 6) is -0.896. The van der Waals surface area contributed by atoms with Gasteiger partial charge in [-0.25, -0.2) is 0 Å². The molecule has 0 saturated heterocycles. The van der Waals surface area contributed by atoms with E-state index >= 15 is 0 Å². The van der Waals surface area contributed by atoms with E-state index in [1.807, 2.05) is 0 Å². The lowest BCUT2D eigenvalue weighted by molar-refractivity contribution is -0.167. The SMILES string of the molecule is CCCCCCC/C=C\C/C=C\C/C=C\CCCCCCCCCCCCC(=O)OCC(COC(=O)CCCCCCC/C=C\CCCCCCCC)OC(=O)CCCCCCCC/C=C\C/C=C\C/C=C\CCCCCCC. The van der Waals surface area contributed by atoms with E-state index in [0.717, 1.165) is 103 Å². The molecule has 1 unspecified atom stereocenters. The Hall–Kier alpha value is -3.41. The van der Waals surface area contributed by atoms with E-state index in [0.29, 0.717) is 19.3 Å². The molecule has 456 valence electrons. The molecule has 0 aromatic heterocycles. The molecule has 0 saturated carbocycles. The summed E-state index contributed by atoms with van der Waals surface area (Å²) in [6.07, 6.45) is 88.7. The number of carbonyl (C=O) groups excluding carboxylic acids is 3. The van der Waals surface area contributed by atoms with E-state index in [1.165, 1.54) is 199 Å². The van der Waals surface area contributed by atoms with Crippen molar-refractivity contribution in [1.29, 1.82) is 0 Å². The van der Waals surface area contributed by atoms with Crippen LogP contribution in [-0.2, 0) is 28.6 Å². The number of allylic oxidation sites excluding steroid dienone is 14. The van der Waals surface area contributed by atoms with Gasteiger partial charge in [0.25, 0.3) is 0 Å². The third kappa shape index (κ3) is 65.3. The van der Waals surface area contributed by atoms with Crippen molar-refractivity contribution in [2.45, 2.75) is 348 Å². The summed E-state index contributed by atoms with van der Waals surface area (Å²) in [7, 11) is 0. The Morgan fingerprint density at radius 2 is 0.456 bits per heavy atom. The fourth-order valence-corrected chi connectivity index (χ4v) is 9.69. The van der Waals surface area contributed by atoms with Gasteiger partial charge in [-0.1, -0.05) is 286 Å². The first-order valence-corrected chi connectivity index (χ1v) is 34.1. The molecule has 0 aromatic carbocycles. The normalized spacial score (nSPS) is 12.6. The predicted molar refractivity (Wildman–Crippen MR) is 344 cm³/mol. The van der Waals surface area contributed by atoms with Gasteiger partial charge in [0.15, 0.2) is 6.10 Å². The van der Waals surface area contributed by atoms with Crippen molar-refractivity contribution in [2.75, 3.05) is 13.2 Å². The van der Waals surface area contributed by atoms with Crippen molar-refractivity contribution in [1.82, 2.24) is 0 Å². The molecule has 0 aliphatic carbocycles. The molecule has 0 fully saturated rings. The molecular formula is C73H128O6. The van der Waals surface area contributed by atoms with Crippen LogP contribution in [0.25, 0.3) is 0 Å². The Morgan fingerprint density at radius 3 is 0.722 bits per heavy atom. The van der Waals surface area contributed by atoms with Crippen molar-refractivity contribution in [3.63, 3.8) is 0 Å². The maximum Gasteiger partial charge on any atom is 0.306 e. The van der Waals surface area contributed by atoms with Crippen LogP contribution in [0.15, 0.2) is 85.1 Å². The maximum absolute atomic E-state index is 12.9. The lowest BCUT2D eigenvalue weighted by Crippen LogP contribution is -2.30. The van der Waals surface area contributed by atoms with E-state index in [4.69, 9.17) is 14.2 Å². The lowest BCUT2D eigenvalue weighted by Gasteiger charge is -2.18. The number of unbranched alkanes of at least 4 members (excludes halogenated alkanes) is 37. The van der Waals surface area contributed by atoms with Crippen molar-refractivity contribution in [3.05, 3.63) is 85.1 Å². The summed E-state index contributed by atoms with van der Waals surface area (Å²) in [5, 5.41) is 0. The smallest absolute Gasteiger partial charge is 0.306 e. The third-order valence-electron chi connectivity index (χ3n) is 14.8. The molecule has 1 atom stereocenters. The van der Waals surface area contributed by atoms with Crippen LogP contribution in [0.3, 0.4) is 0 Å². The molecule has 0 amide bonds. The van der Waals surface area contributed by atoms with Gasteiger partial charge in [-0.2, -0.15) is 0 Å². The van der Waals surface area contributed by atoms with Crippen molar-refractivity contribution < 1.29 is 28.6 Å². The Morgan fingerprint density at radius 1 is 0.253 bits per heavy atom. The molecule has 0 bridgehead atoms. The second-order valence-corrected chi connectivity index (χ2v) is 22.7. The van der Waals surface area contributed by atoms with Crippen LogP contribution in [0.2, 0.25) is 0 Å². The molecule has 0 aromatic rings. The van der Waals surface area contributed by atoms with Crippen molar-refractivity contribution in [3.8, 4) is 0 Å². The molecule has 0 aliphatic rings. The second kappa shape index (κ2) is 67.1. The molecule has 0 spiro atoms. The van der Waals surface area contributed by atoms with Gasteiger partial charge in [0.2, 0.25) is 0 Å².